The van der Waals surface area contributed by atoms with Crippen molar-refractivity contribution in [3.8, 4) is 0 Å². The highest BCUT2D eigenvalue weighted by Gasteiger charge is 2.31. The van der Waals surface area contributed by atoms with E-state index in [-0.39, 0.29) is 12.1 Å². The maximum Gasteiger partial charge on any atom is 0.337 e. The molecule has 2 atom stereocenters. The van der Waals surface area contributed by atoms with Gasteiger partial charge in [-0.15, -0.1) is 0 Å². The van der Waals surface area contributed by atoms with Crippen LogP contribution in [-0.4, -0.2) is 38.0 Å². The van der Waals surface area contributed by atoms with Crippen LogP contribution in [0.15, 0.2) is 0 Å². The fourth-order valence-electron chi connectivity index (χ4n) is 3.74. The lowest BCUT2D eigenvalue weighted by Crippen LogP contribution is -2.40. The SMILES string of the molecule is CCCCCCCCOC(CCCCC)C(OCCCCCCCC)C(=O)OCCC. The molecule has 0 heterocycles. The van der Waals surface area contributed by atoms with E-state index in [1.54, 1.807) is 0 Å². The Kier molecular flexibility index (Phi) is 23.6. The van der Waals surface area contributed by atoms with Crippen molar-refractivity contribution in [2.24, 2.45) is 0 Å². The number of ether oxygens (including phenoxy) is 3. The topological polar surface area (TPSA) is 44.8 Å². The van der Waals surface area contributed by atoms with Crippen LogP contribution in [0.3, 0.4) is 0 Å². The normalized spacial score (nSPS) is 13.3. The summed E-state index contributed by atoms with van der Waals surface area (Å²) >= 11 is 0. The van der Waals surface area contributed by atoms with Crippen LogP contribution in [-0.2, 0) is 19.0 Å². The molecule has 0 aromatic rings. The zero-order chi connectivity index (χ0) is 23.0. The predicted octanol–water partition coefficient (Wildman–Crippen LogP) is 8.01. The molecule has 0 aliphatic rings. The molecule has 0 bridgehead atoms. The van der Waals surface area contributed by atoms with E-state index in [9.17, 15) is 4.79 Å². The van der Waals surface area contributed by atoms with Gasteiger partial charge in [0.05, 0.1) is 12.7 Å². The van der Waals surface area contributed by atoms with Crippen LogP contribution in [0.4, 0.5) is 0 Å². The van der Waals surface area contributed by atoms with Crippen LogP contribution < -0.4 is 0 Å². The minimum absolute atomic E-state index is 0.188. The molecule has 0 aliphatic heterocycles. The number of carbonyl (C=O) groups is 1. The van der Waals surface area contributed by atoms with E-state index in [1.807, 2.05) is 6.92 Å². The van der Waals surface area contributed by atoms with Crippen molar-refractivity contribution in [1.82, 2.24) is 0 Å². The van der Waals surface area contributed by atoms with Gasteiger partial charge in [-0.05, 0) is 25.7 Å². The summed E-state index contributed by atoms with van der Waals surface area (Å²) < 4.78 is 17.8. The van der Waals surface area contributed by atoms with Crippen molar-refractivity contribution in [3.05, 3.63) is 0 Å². The number of carbonyl (C=O) groups excluding carboxylic acids is 1. The van der Waals surface area contributed by atoms with Gasteiger partial charge in [-0.25, -0.2) is 4.79 Å². The Labute approximate surface area is 194 Å². The predicted molar refractivity (Wildman–Crippen MR) is 132 cm³/mol. The Balaban J connectivity index is 4.64. The molecule has 0 radical (unpaired) electrons. The molecule has 0 spiro atoms. The van der Waals surface area contributed by atoms with Gasteiger partial charge in [-0.2, -0.15) is 0 Å². The van der Waals surface area contributed by atoms with Gasteiger partial charge in [-0.3, -0.25) is 0 Å². The fraction of sp³-hybridized carbons (Fsp3) is 0.963. The average Bonchev–Trinajstić information content (AvgIpc) is 2.78. The van der Waals surface area contributed by atoms with E-state index >= 15 is 0 Å². The van der Waals surface area contributed by atoms with Gasteiger partial charge < -0.3 is 14.2 Å². The van der Waals surface area contributed by atoms with Crippen molar-refractivity contribution in [2.45, 2.75) is 149 Å². The first-order valence-corrected chi connectivity index (χ1v) is 13.6. The molecule has 31 heavy (non-hydrogen) atoms. The van der Waals surface area contributed by atoms with Crippen molar-refractivity contribution in [2.75, 3.05) is 19.8 Å². The number of rotatable bonds is 24. The summed E-state index contributed by atoms with van der Waals surface area (Å²) in [5.41, 5.74) is 0. The quantitative estimate of drug-likeness (QED) is 0.112. The highest BCUT2D eigenvalue weighted by Crippen LogP contribution is 2.17. The van der Waals surface area contributed by atoms with E-state index < -0.39 is 6.10 Å². The molecule has 0 aromatic heterocycles. The van der Waals surface area contributed by atoms with Crippen LogP contribution in [0, 0.1) is 0 Å². The van der Waals surface area contributed by atoms with E-state index in [0.29, 0.717) is 19.8 Å². The number of hydrogen-bond donors (Lipinski definition) is 0. The number of hydrogen-bond acceptors (Lipinski definition) is 4. The molecule has 0 fully saturated rings. The number of unbranched alkanes of at least 4 members (excludes halogenated alkanes) is 12. The molecule has 4 heteroatoms. The van der Waals surface area contributed by atoms with E-state index in [1.165, 1.54) is 57.8 Å². The van der Waals surface area contributed by atoms with Crippen molar-refractivity contribution in [3.63, 3.8) is 0 Å². The summed E-state index contributed by atoms with van der Waals surface area (Å²) in [5, 5.41) is 0. The molecule has 4 nitrogen and oxygen atoms in total. The average molecular weight is 443 g/mol. The first kappa shape index (κ1) is 30.4. The van der Waals surface area contributed by atoms with Gasteiger partial charge in [0.2, 0.25) is 0 Å². The first-order chi connectivity index (χ1) is 15.2. The van der Waals surface area contributed by atoms with Crippen LogP contribution in [0.1, 0.15) is 137 Å². The maximum absolute atomic E-state index is 12.8. The lowest BCUT2D eigenvalue weighted by molar-refractivity contribution is -0.169. The first-order valence-electron chi connectivity index (χ1n) is 13.6. The lowest BCUT2D eigenvalue weighted by Gasteiger charge is -2.26. The maximum atomic E-state index is 12.8. The second-order valence-corrected chi connectivity index (χ2v) is 8.90. The Hall–Kier alpha value is -0.610. The van der Waals surface area contributed by atoms with Gasteiger partial charge in [0.25, 0.3) is 0 Å². The molecule has 0 N–H and O–H groups in total. The summed E-state index contributed by atoms with van der Waals surface area (Å²) in [6.45, 7) is 10.5. The van der Waals surface area contributed by atoms with E-state index in [4.69, 9.17) is 14.2 Å². The zero-order valence-electron chi connectivity index (χ0n) is 21.4. The summed E-state index contributed by atoms with van der Waals surface area (Å²) in [5.74, 6) is -0.239. The number of esters is 1. The minimum Gasteiger partial charge on any atom is -0.464 e. The largest absolute Gasteiger partial charge is 0.464 e. The smallest absolute Gasteiger partial charge is 0.337 e. The van der Waals surface area contributed by atoms with Gasteiger partial charge in [0, 0.05) is 13.2 Å². The molecule has 2 unspecified atom stereocenters. The summed E-state index contributed by atoms with van der Waals surface area (Å²) in [6.07, 6.45) is 19.0. The highest BCUT2D eigenvalue weighted by atomic mass is 16.6. The summed E-state index contributed by atoms with van der Waals surface area (Å²) in [6, 6.07) is 0. The molecular formula is C27H54O4. The minimum atomic E-state index is -0.584. The van der Waals surface area contributed by atoms with E-state index in [0.717, 1.165) is 51.4 Å². The molecule has 0 aliphatic carbocycles. The Morgan fingerprint density at radius 2 is 1.03 bits per heavy atom. The Bertz CT molecular complexity index is 372. The summed E-state index contributed by atoms with van der Waals surface area (Å²) in [7, 11) is 0. The molecule has 186 valence electrons. The standard InChI is InChI=1S/C27H54O4/c1-5-9-12-14-16-19-23-29-25(21-18-11-7-3)26(27(28)31-22-8-4)30-24-20-17-15-13-10-6-2/h25-26H,5-24H2,1-4H3. The fourth-order valence-corrected chi connectivity index (χ4v) is 3.74. The zero-order valence-corrected chi connectivity index (χ0v) is 21.4. The third-order valence-electron chi connectivity index (χ3n) is 5.74. The molecule has 0 rings (SSSR count). The Morgan fingerprint density at radius 3 is 1.58 bits per heavy atom. The second-order valence-electron chi connectivity index (χ2n) is 8.90. The van der Waals surface area contributed by atoms with Crippen molar-refractivity contribution < 1.29 is 19.0 Å². The molecular weight excluding hydrogens is 388 g/mol. The molecule has 0 saturated carbocycles. The van der Waals surface area contributed by atoms with Crippen LogP contribution in [0.5, 0.6) is 0 Å². The van der Waals surface area contributed by atoms with Crippen molar-refractivity contribution in [1.29, 1.82) is 0 Å². The molecule has 0 amide bonds. The monoisotopic (exact) mass is 442 g/mol. The van der Waals surface area contributed by atoms with Crippen LogP contribution >= 0.6 is 0 Å². The lowest BCUT2D eigenvalue weighted by atomic mass is 10.1. The Morgan fingerprint density at radius 1 is 0.548 bits per heavy atom. The third kappa shape index (κ3) is 18.6. The van der Waals surface area contributed by atoms with Gasteiger partial charge in [0.1, 0.15) is 0 Å². The van der Waals surface area contributed by atoms with Crippen LogP contribution in [0.2, 0.25) is 0 Å². The van der Waals surface area contributed by atoms with E-state index in [2.05, 4.69) is 20.8 Å². The van der Waals surface area contributed by atoms with Crippen LogP contribution in [0.25, 0.3) is 0 Å². The summed E-state index contributed by atoms with van der Waals surface area (Å²) in [4.78, 5) is 12.8. The highest BCUT2D eigenvalue weighted by molar-refractivity contribution is 5.75. The molecule has 0 aromatic carbocycles. The van der Waals surface area contributed by atoms with Gasteiger partial charge >= 0.3 is 5.97 Å². The van der Waals surface area contributed by atoms with Gasteiger partial charge in [0.15, 0.2) is 6.10 Å². The molecule has 0 saturated heterocycles. The van der Waals surface area contributed by atoms with Gasteiger partial charge in [-0.1, -0.05) is 111 Å². The second kappa shape index (κ2) is 24.0. The third-order valence-corrected chi connectivity index (χ3v) is 5.74. The van der Waals surface area contributed by atoms with Crippen molar-refractivity contribution >= 4 is 5.97 Å².